The van der Waals surface area contributed by atoms with Crippen molar-refractivity contribution in [1.82, 2.24) is 4.72 Å². The molecule has 0 saturated carbocycles. The van der Waals surface area contributed by atoms with Gasteiger partial charge >= 0.3 is 0 Å². The molecule has 1 saturated heterocycles. The fourth-order valence-electron chi connectivity index (χ4n) is 2.81. The van der Waals surface area contributed by atoms with Crippen LogP contribution in [0.25, 0.3) is 0 Å². The summed E-state index contributed by atoms with van der Waals surface area (Å²) >= 11 is 1.62. The second-order valence-corrected chi connectivity index (χ2v) is 9.41. The molecule has 2 aromatic carbocycles. The minimum Gasteiger partial charge on any atom is -0.377 e. The molecule has 2 aromatic rings. The van der Waals surface area contributed by atoms with Crippen LogP contribution in [0.3, 0.4) is 0 Å². The monoisotopic (exact) mass is 420 g/mol. The number of benzene rings is 2. The molecule has 0 bridgehead atoms. The number of thioether (sulfide) groups is 1. The predicted molar refractivity (Wildman–Crippen MR) is 111 cm³/mol. The average Bonchev–Trinajstić information content (AvgIpc) is 3.21. The zero-order valence-electron chi connectivity index (χ0n) is 15.5. The molecule has 6 nitrogen and oxygen atoms in total. The van der Waals surface area contributed by atoms with Gasteiger partial charge in [-0.25, -0.2) is 13.1 Å². The summed E-state index contributed by atoms with van der Waals surface area (Å²) in [6.45, 7) is 0.963. The lowest BCUT2D eigenvalue weighted by atomic mass is 10.2. The highest BCUT2D eigenvalue weighted by atomic mass is 32.2. The molecule has 28 heavy (non-hydrogen) atoms. The first-order valence-corrected chi connectivity index (χ1v) is 11.7. The number of hydrogen-bond acceptors (Lipinski definition) is 5. The first-order valence-electron chi connectivity index (χ1n) is 9.22. The Morgan fingerprint density at radius 2 is 1.86 bits per heavy atom. The number of nitrogens with one attached hydrogen (secondary N) is 2. The second kappa shape index (κ2) is 10.1. The molecule has 1 aliphatic heterocycles. The van der Waals surface area contributed by atoms with Crippen LogP contribution in [0.1, 0.15) is 19.3 Å². The number of amides is 1. The molecule has 1 heterocycles. The molecule has 1 unspecified atom stereocenters. The normalized spacial score (nSPS) is 16.8. The molecular weight excluding hydrogens is 396 g/mol. The zero-order valence-corrected chi connectivity index (χ0v) is 17.1. The van der Waals surface area contributed by atoms with Gasteiger partial charge in [0, 0.05) is 35.9 Å². The molecule has 0 radical (unpaired) electrons. The highest BCUT2D eigenvalue weighted by Gasteiger charge is 2.20. The summed E-state index contributed by atoms with van der Waals surface area (Å²) in [4.78, 5) is 13.4. The van der Waals surface area contributed by atoms with Crippen LogP contribution >= 0.6 is 11.8 Å². The topological polar surface area (TPSA) is 84.5 Å². The van der Waals surface area contributed by atoms with E-state index in [1.54, 1.807) is 23.9 Å². The van der Waals surface area contributed by atoms with Crippen LogP contribution in [0.4, 0.5) is 5.69 Å². The van der Waals surface area contributed by atoms with Gasteiger partial charge in [0.15, 0.2) is 0 Å². The van der Waals surface area contributed by atoms with Gasteiger partial charge in [0.05, 0.1) is 11.0 Å². The van der Waals surface area contributed by atoms with Crippen molar-refractivity contribution in [2.45, 2.75) is 35.2 Å². The Bertz CT molecular complexity index is 865. The summed E-state index contributed by atoms with van der Waals surface area (Å²) in [5, 5.41) is 2.80. The van der Waals surface area contributed by atoms with E-state index in [1.807, 2.05) is 30.3 Å². The third-order valence-corrected chi connectivity index (χ3v) is 6.77. The Balaban J connectivity index is 1.45. The highest BCUT2D eigenvalue weighted by molar-refractivity contribution is 7.99. The van der Waals surface area contributed by atoms with E-state index in [9.17, 15) is 13.2 Å². The molecule has 0 spiro atoms. The number of anilines is 1. The third kappa shape index (κ3) is 6.34. The Hall–Kier alpha value is -1.87. The van der Waals surface area contributed by atoms with Gasteiger partial charge in [-0.1, -0.05) is 18.2 Å². The largest absolute Gasteiger partial charge is 0.377 e. The molecule has 1 fully saturated rings. The molecule has 0 aromatic heterocycles. The van der Waals surface area contributed by atoms with Crippen molar-refractivity contribution in [2.24, 2.45) is 0 Å². The van der Waals surface area contributed by atoms with E-state index in [0.29, 0.717) is 24.5 Å². The molecular formula is C20H24N2O4S2. The summed E-state index contributed by atoms with van der Waals surface area (Å²) in [7, 11) is -3.58. The summed E-state index contributed by atoms with van der Waals surface area (Å²) in [5.74, 6) is 0.575. The van der Waals surface area contributed by atoms with Crippen molar-refractivity contribution in [3.63, 3.8) is 0 Å². The number of ether oxygens (including phenoxy) is 1. The zero-order chi connectivity index (χ0) is 19.8. The highest BCUT2D eigenvalue weighted by Crippen LogP contribution is 2.19. The Morgan fingerprint density at radius 1 is 1.11 bits per heavy atom. The van der Waals surface area contributed by atoms with Gasteiger partial charge in [0.1, 0.15) is 0 Å². The first kappa shape index (κ1) is 20.9. The minimum atomic E-state index is -3.58. The van der Waals surface area contributed by atoms with E-state index in [2.05, 4.69) is 10.0 Å². The quantitative estimate of drug-likeness (QED) is 0.608. The van der Waals surface area contributed by atoms with Gasteiger partial charge in [-0.05, 0) is 49.2 Å². The van der Waals surface area contributed by atoms with E-state index in [-0.39, 0.29) is 23.5 Å². The number of carbonyl (C=O) groups is 1. The SMILES string of the molecule is O=C(CCSc1ccccc1)Nc1ccc(S(=O)(=O)NCC2CCCO2)cc1. The van der Waals surface area contributed by atoms with Crippen LogP contribution in [0.5, 0.6) is 0 Å². The van der Waals surface area contributed by atoms with Gasteiger partial charge < -0.3 is 10.1 Å². The molecule has 150 valence electrons. The smallest absolute Gasteiger partial charge is 0.240 e. The van der Waals surface area contributed by atoms with E-state index < -0.39 is 10.0 Å². The van der Waals surface area contributed by atoms with Crippen LogP contribution < -0.4 is 10.0 Å². The maximum absolute atomic E-state index is 12.3. The summed E-state index contributed by atoms with van der Waals surface area (Å²) in [6.07, 6.45) is 2.16. The molecule has 0 aliphatic carbocycles. The van der Waals surface area contributed by atoms with Crippen LogP contribution in [0.2, 0.25) is 0 Å². The maximum Gasteiger partial charge on any atom is 0.240 e. The molecule has 1 aliphatic rings. The minimum absolute atomic E-state index is 0.0536. The van der Waals surface area contributed by atoms with Crippen molar-refractivity contribution in [1.29, 1.82) is 0 Å². The third-order valence-electron chi connectivity index (χ3n) is 4.31. The van der Waals surface area contributed by atoms with E-state index in [0.717, 1.165) is 17.7 Å². The molecule has 2 N–H and O–H groups in total. The molecule has 1 amide bonds. The number of rotatable bonds is 9. The summed E-state index contributed by atoms with van der Waals surface area (Å²) in [5.41, 5.74) is 0.577. The maximum atomic E-state index is 12.3. The first-order chi connectivity index (χ1) is 13.5. The predicted octanol–water partition coefficient (Wildman–Crippen LogP) is 3.26. The number of hydrogen-bond donors (Lipinski definition) is 2. The van der Waals surface area contributed by atoms with Gasteiger partial charge in [-0.15, -0.1) is 11.8 Å². The molecule has 3 rings (SSSR count). The summed E-state index contributed by atoms with van der Waals surface area (Å²) in [6, 6.07) is 16.1. The van der Waals surface area contributed by atoms with E-state index in [1.165, 1.54) is 12.1 Å². The van der Waals surface area contributed by atoms with Crippen molar-refractivity contribution in [3.05, 3.63) is 54.6 Å². The lowest BCUT2D eigenvalue weighted by molar-refractivity contribution is -0.115. The average molecular weight is 421 g/mol. The molecule has 1 atom stereocenters. The Kier molecular flexibility index (Phi) is 7.50. The van der Waals surface area contributed by atoms with Crippen molar-refractivity contribution in [3.8, 4) is 0 Å². The van der Waals surface area contributed by atoms with Crippen molar-refractivity contribution < 1.29 is 17.9 Å². The fourth-order valence-corrected chi connectivity index (χ4v) is 4.75. The van der Waals surface area contributed by atoms with Gasteiger partial charge in [-0.2, -0.15) is 0 Å². The van der Waals surface area contributed by atoms with Crippen molar-refractivity contribution in [2.75, 3.05) is 24.2 Å². The van der Waals surface area contributed by atoms with Crippen LogP contribution in [0, 0.1) is 0 Å². The van der Waals surface area contributed by atoms with Crippen molar-refractivity contribution >= 4 is 33.4 Å². The van der Waals surface area contributed by atoms with E-state index in [4.69, 9.17) is 4.74 Å². The lowest BCUT2D eigenvalue weighted by Gasteiger charge is -2.12. The summed E-state index contributed by atoms with van der Waals surface area (Å²) < 4.78 is 32.7. The van der Waals surface area contributed by atoms with Gasteiger partial charge in [0.2, 0.25) is 15.9 Å². The number of sulfonamides is 1. The van der Waals surface area contributed by atoms with E-state index >= 15 is 0 Å². The lowest BCUT2D eigenvalue weighted by Crippen LogP contribution is -2.31. The standard InChI is InChI=1S/C20H24N2O4S2/c23-20(12-14-27-18-6-2-1-3-7-18)22-16-8-10-19(11-9-16)28(24,25)21-15-17-5-4-13-26-17/h1-3,6-11,17,21H,4-5,12-15H2,(H,22,23). The van der Waals surface area contributed by atoms with Gasteiger partial charge in [0.25, 0.3) is 0 Å². The molecule has 8 heteroatoms. The Morgan fingerprint density at radius 3 is 2.54 bits per heavy atom. The van der Waals surface area contributed by atoms with Crippen LogP contribution in [-0.4, -0.2) is 39.3 Å². The van der Waals surface area contributed by atoms with Gasteiger partial charge in [-0.3, -0.25) is 4.79 Å². The second-order valence-electron chi connectivity index (χ2n) is 6.47. The van der Waals surface area contributed by atoms with Crippen LogP contribution in [-0.2, 0) is 19.6 Å². The fraction of sp³-hybridized carbons (Fsp3) is 0.350. The number of carbonyl (C=O) groups excluding carboxylic acids is 1. The Labute approximate surface area is 170 Å². The van der Waals surface area contributed by atoms with Crippen LogP contribution in [0.15, 0.2) is 64.4 Å².